The number of nitrogens with zero attached hydrogens (tertiary/aromatic N) is 3. The quantitative estimate of drug-likeness (QED) is 0.242. The number of aryl methyl sites for hydroxylation is 3. The van der Waals surface area contributed by atoms with E-state index in [9.17, 15) is 9.59 Å². The van der Waals surface area contributed by atoms with E-state index in [1.54, 1.807) is 13.2 Å². The van der Waals surface area contributed by atoms with Crippen LogP contribution in [0.25, 0.3) is 11.0 Å². The second-order valence-corrected chi connectivity index (χ2v) is 11.7. The third-order valence-electron chi connectivity index (χ3n) is 7.37. The topological polar surface area (TPSA) is 100 Å². The maximum atomic E-state index is 12.2. The van der Waals surface area contributed by atoms with Crippen LogP contribution in [0.5, 0.6) is 0 Å². The van der Waals surface area contributed by atoms with Crippen LogP contribution in [0.4, 0.5) is 16.3 Å². The first-order valence-corrected chi connectivity index (χ1v) is 14.8. The van der Waals surface area contributed by atoms with Gasteiger partial charge < -0.3 is 15.0 Å². The highest BCUT2D eigenvalue weighted by atomic mass is 16.5. The number of hydrogen-bond donors (Lipinski definition) is 2. The van der Waals surface area contributed by atoms with Crippen LogP contribution in [-0.2, 0) is 28.8 Å². The number of hydrogen-bond acceptors (Lipinski definition) is 5. The maximum absolute atomic E-state index is 12.2. The first-order chi connectivity index (χ1) is 20.2. The molecule has 4 aromatic rings. The lowest BCUT2D eigenvalue weighted by molar-refractivity contribution is -0.116. The average Bonchev–Trinajstić information content (AvgIpc) is 3.27. The number of H-pyrrole nitrogens is 1. The third-order valence-corrected chi connectivity index (χ3v) is 7.37. The number of amides is 2. The van der Waals surface area contributed by atoms with Gasteiger partial charge in [0.15, 0.2) is 0 Å². The highest BCUT2D eigenvalue weighted by molar-refractivity contribution is 5.91. The summed E-state index contributed by atoms with van der Waals surface area (Å²) >= 11 is 0. The molecule has 0 aliphatic carbocycles. The van der Waals surface area contributed by atoms with Crippen molar-refractivity contribution in [2.45, 2.75) is 72.1 Å². The zero-order valence-electron chi connectivity index (χ0n) is 25.7. The van der Waals surface area contributed by atoms with Gasteiger partial charge in [0.1, 0.15) is 11.6 Å². The fourth-order valence-electron chi connectivity index (χ4n) is 5.31. The minimum absolute atomic E-state index is 0.0242. The lowest BCUT2D eigenvalue weighted by Gasteiger charge is -2.19. The van der Waals surface area contributed by atoms with Gasteiger partial charge in [0.25, 0.3) is 0 Å². The van der Waals surface area contributed by atoms with Crippen LogP contribution in [0.1, 0.15) is 74.0 Å². The van der Waals surface area contributed by atoms with E-state index in [4.69, 9.17) is 9.72 Å². The molecule has 42 heavy (non-hydrogen) atoms. The van der Waals surface area contributed by atoms with Crippen LogP contribution < -0.4 is 10.2 Å². The Labute approximate surface area is 248 Å². The highest BCUT2D eigenvalue weighted by Gasteiger charge is 2.24. The zero-order valence-corrected chi connectivity index (χ0v) is 25.7. The molecule has 222 valence electrons. The number of carbonyl (C=O) groups is 2. The first kappa shape index (κ1) is 30.8. The van der Waals surface area contributed by atoms with Gasteiger partial charge in [-0.05, 0) is 91.0 Å². The number of ether oxygens (including phenoxy) is 1. The summed E-state index contributed by atoms with van der Waals surface area (Å²) in [4.78, 5) is 38.5. The van der Waals surface area contributed by atoms with Crippen molar-refractivity contribution in [1.82, 2.24) is 15.0 Å². The van der Waals surface area contributed by atoms with Gasteiger partial charge in [0, 0.05) is 31.8 Å². The van der Waals surface area contributed by atoms with E-state index in [1.165, 1.54) is 23.1 Å². The number of aromatic nitrogens is 3. The molecule has 1 aliphatic heterocycles. The Kier molecular flexibility index (Phi) is 10.3. The van der Waals surface area contributed by atoms with Crippen LogP contribution in [0.2, 0.25) is 0 Å². The standard InChI is InChI=1S/C30H33N5O3.C4H10/c1-19-16-24-25(18-22(19)17-21-13-14-28(36)34-29-23(21)10-7-15-31-29)33-27(32-24)12-6-9-20-8-4-5-11-26(20)35(2)30(37)38-3;1-4(2)3/h4-5,7-8,10-11,15-16,18,21H,6,9,12-14,17H2,1-3H3,(H,32,33)(H,31,34,36);4H,1-3H3. The molecule has 2 amide bonds. The highest BCUT2D eigenvalue weighted by Crippen LogP contribution is 2.34. The summed E-state index contributed by atoms with van der Waals surface area (Å²) in [5.41, 5.74) is 7.49. The number of aromatic amines is 1. The molecule has 1 unspecified atom stereocenters. The molecular weight excluding hydrogens is 526 g/mol. The summed E-state index contributed by atoms with van der Waals surface area (Å²) in [7, 11) is 3.11. The van der Waals surface area contributed by atoms with Crippen LogP contribution in [0.3, 0.4) is 0 Å². The number of para-hydroxylation sites is 1. The Balaban J connectivity index is 0.000000952. The van der Waals surface area contributed by atoms with Gasteiger partial charge >= 0.3 is 6.09 Å². The Hall–Kier alpha value is -4.20. The summed E-state index contributed by atoms with van der Waals surface area (Å²) in [5, 5.41) is 2.94. The number of fused-ring (bicyclic) bond motifs is 2. The molecule has 8 heteroatoms. The number of anilines is 2. The molecule has 0 bridgehead atoms. The third kappa shape index (κ3) is 7.75. The molecule has 2 aromatic carbocycles. The fourth-order valence-corrected chi connectivity index (χ4v) is 5.31. The zero-order chi connectivity index (χ0) is 30.2. The molecule has 5 rings (SSSR count). The monoisotopic (exact) mass is 569 g/mol. The largest absolute Gasteiger partial charge is 0.452 e. The first-order valence-electron chi connectivity index (χ1n) is 14.8. The summed E-state index contributed by atoms with van der Waals surface area (Å²) in [6.45, 7) is 8.63. The van der Waals surface area contributed by atoms with Crippen LogP contribution >= 0.6 is 0 Å². The Morgan fingerprint density at radius 2 is 1.86 bits per heavy atom. The molecule has 0 saturated heterocycles. The van der Waals surface area contributed by atoms with Gasteiger partial charge in [-0.15, -0.1) is 0 Å². The summed E-state index contributed by atoms with van der Waals surface area (Å²) < 4.78 is 4.88. The van der Waals surface area contributed by atoms with Crippen LogP contribution in [0.15, 0.2) is 54.7 Å². The van der Waals surface area contributed by atoms with Crippen LogP contribution in [0, 0.1) is 12.8 Å². The van der Waals surface area contributed by atoms with Gasteiger partial charge in [-0.25, -0.2) is 14.8 Å². The number of pyridine rings is 1. The van der Waals surface area contributed by atoms with Crippen molar-refractivity contribution in [3.63, 3.8) is 0 Å². The molecule has 3 heterocycles. The van der Waals surface area contributed by atoms with Gasteiger partial charge in [-0.2, -0.15) is 0 Å². The van der Waals surface area contributed by atoms with E-state index >= 15 is 0 Å². The minimum Gasteiger partial charge on any atom is -0.452 e. The lowest BCUT2D eigenvalue weighted by atomic mass is 9.87. The van der Waals surface area contributed by atoms with Gasteiger partial charge in [-0.1, -0.05) is 45.0 Å². The number of benzene rings is 2. The van der Waals surface area contributed by atoms with Gasteiger partial charge in [0.05, 0.1) is 18.1 Å². The molecule has 0 radical (unpaired) electrons. The molecule has 0 saturated carbocycles. The van der Waals surface area contributed by atoms with E-state index in [-0.39, 0.29) is 17.9 Å². The molecule has 2 aromatic heterocycles. The predicted molar refractivity (Wildman–Crippen MR) is 169 cm³/mol. The Morgan fingerprint density at radius 1 is 1.10 bits per heavy atom. The number of imidazole rings is 1. The molecular formula is C34H43N5O3. The second kappa shape index (κ2) is 14.1. The molecule has 1 atom stereocenters. The molecule has 2 N–H and O–H groups in total. The van der Waals surface area contributed by atoms with E-state index in [1.807, 2.05) is 30.3 Å². The van der Waals surface area contributed by atoms with Gasteiger partial charge in [0.2, 0.25) is 5.91 Å². The smallest absolute Gasteiger partial charge is 0.413 e. The van der Waals surface area contributed by atoms with E-state index in [0.29, 0.717) is 12.2 Å². The lowest BCUT2D eigenvalue weighted by Crippen LogP contribution is -2.26. The fraction of sp³-hybridized carbons (Fsp3) is 0.412. The van der Waals surface area contributed by atoms with Crippen molar-refractivity contribution < 1.29 is 14.3 Å². The SMILES string of the molecule is CC(C)C.COC(=O)N(C)c1ccccc1CCCc1nc2cc(CC3CCC(=O)Nc4ncccc43)c(C)cc2[nH]1. The summed E-state index contributed by atoms with van der Waals surface area (Å²) in [6, 6.07) is 16.3. The molecule has 1 aliphatic rings. The van der Waals surface area contributed by atoms with E-state index < -0.39 is 0 Å². The minimum atomic E-state index is -0.382. The molecule has 0 fully saturated rings. The number of rotatable bonds is 7. The van der Waals surface area contributed by atoms with Crippen molar-refractivity contribution in [2.75, 3.05) is 24.4 Å². The van der Waals surface area contributed by atoms with Crippen molar-refractivity contribution in [1.29, 1.82) is 0 Å². The number of nitrogens with one attached hydrogen (secondary N) is 2. The summed E-state index contributed by atoms with van der Waals surface area (Å²) in [6.07, 6.45) is 5.98. The maximum Gasteiger partial charge on any atom is 0.413 e. The number of carbonyl (C=O) groups excluding carboxylic acids is 2. The van der Waals surface area contributed by atoms with Gasteiger partial charge in [-0.3, -0.25) is 9.69 Å². The molecule has 0 spiro atoms. The van der Waals surface area contributed by atoms with Crippen LogP contribution in [-0.4, -0.2) is 41.1 Å². The van der Waals surface area contributed by atoms with Crippen molar-refractivity contribution >= 4 is 34.5 Å². The van der Waals surface area contributed by atoms with Crippen molar-refractivity contribution in [3.05, 3.63) is 82.8 Å². The summed E-state index contributed by atoms with van der Waals surface area (Å²) in [5.74, 6) is 2.71. The normalized spacial score (nSPS) is 14.5. The predicted octanol–water partition coefficient (Wildman–Crippen LogP) is 7.37. The average molecular weight is 570 g/mol. The second-order valence-electron chi connectivity index (χ2n) is 11.7. The number of methoxy groups -OCH3 is 1. The molecule has 8 nitrogen and oxygen atoms in total. The van der Waals surface area contributed by atoms with E-state index in [0.717, 1.165) is 71.7 Å². The van der Waals surface area contributed by atoms with E-state index in [2.05, 4.69) is 61.2 Å². The van der Waals surface area contributed by atoms with Crippen molar-refractivity contribution in [3.8, 4) is 0 Å². The van der Waals surface area contributed by atoms with Crippen molar-refractivity contribution in [2.24, 2.45) is 5.92 Å². The Bertz CT molecular complexity index is 1520. The Morgan fingerprint density at radius 3 is 2.62 bits per heavy atom.